The maximum Gasteiger partial charge on any atom is 0.255 e. The van der Waals surface area contributed by atoms with E-state index in [2.05, 4.69) is 5.32 Å². The molecule has 1 amide bonds. The summed E-state index contributed by atoms with van der Waals surface area (Å²) < 4.78 is 10.5. The van der Waals surface area contributed by atoms with Crippen LogP contribution >= 0.6 is 0 Å². The van der Waals surface area contributed by atoms with Crippen LogP contribution in [0.25, 0.3) is 10.8 Å². The molecule has 108 valence electrons. The Kier molecular flexibility index (Phi) is 2.93. The Hall–Kier alpha value is -3.01. The van der Waals surface area contributed by atoms with Gasteiger partial charge in [0.2, 0.25) is 6.79 Å². The third-order valence-electron chi connectivity index (χ3n) is 3.64. The Labute approximate surface area is 127 Å². The molecule has 0 spiro atoms. The second-order valence-electron chi connectivity index (χ2n) is 5.08. The molecule has 3 aromatic carbocycles. The standard InChI is InChI=1S/C18H13NO3/c20-18(14-6-8-16-17(10-14)22-11-21-16)19-15-7-5-12-3-1-2-4-13(12)9-15/h1-10H,11H2,(H,19,20). The van der Waals surface area contributed by atoms with Crippen molar-refractivity contribution in [3.63, 3.8) is 0 Å². The molecular formula is C18H13NO3. The van der Waals surface area contributed by atoms with Crippen molar-refractivity contribution in [2.45, 2.75) is 0 Å². The fourth-order valence-electron chi connectivity index (χ4n) is 2.51. The van der Waals surface area contributed by atoms with Crippen LogP contribution < -0.4 is 14.8 Å². The minimum atomic E-state index is -0.173. The molecule has 22 heavy (non-hydrogen) atoms. The average Bonchev–Trinajstić information content (AvgIpc) is 3.02. The van der Waals surface area contributed by atoms with E-state index in [-0.39, 0.29) is 12.7 Å². The number of carbonyl (C=O) groups is 1. The van der Waals surface area contributed by atoms with E-state index in [9.17, 15) is 4.79 Å². The number of amides is 1. The number of hydrogen-bond acceptors (Lipinski definition) is 3. The number of carbonyl (C=O) groups excluding carboxylic acids is 1. The normalized spacial score (nSPS) is 12.4. The van der Waals surface area contributed by atoms with Crippen molar-refractivity contribution >= 4 is 22.4 Å². The second kappa shape index (κ2) is 5.07. The molecule has 0 saturated carbocycles. The zero-order chi connectivity index (χ0) is 14.9. The molecule has 0 aromatic heterocycles. The zero-order valence-electron chi connectivity index (χ0n) is 11.7. The van der Waals surface area contributed by atoms with Gasteiger partial charge in [0.05, 0.1) is 0 Å². The van der Waals surface area contributed by atoms with Gasteiger partial charge in [-0.3, -0.25) is 4.79 Å². The van der Waals surface area contributed by atoms with Crippen molar-refractivity contribution in [1.82, 2.24) is 0 Å². The highest BCUT2D eigenvalue weighted by Crippen LogP contribution is 2.32. The molecule has 4 rings (SSSR count). The lowest BCUT2D eigenvalue weighted by atomic mass is 10.1. The number of fused-ring (bicyclic) bond motifs is 2. The first-order valence-electron chi connectivity index (χ1n) is 6.99. The molecule has 3 aromatic rings. The largest absolute Gasteiger partial charge is 0.454 e. The van der Waals surface area contributed by atoms with Gasteiger partial charge in [0.1, 0.15) is 0 Å². The first kappa shape index (κ1) is 12.7. The van der Waals surface area contributed by atoms with Crippen LogP contribution in [0.5, 0.6) is 11.5 Å². The molecule has 4 heteroatoms. The number of anilines is 1. The van der Waals surface area contributed by atoms with Crippen molar-refractivity contribution in [3.8, 4) is 11.5 Å². The van der Waals surface area contributed by atoms with E-state index in [1.807, 2.05) is 42.5 Å². The number of nitrogens with one attached hydrogen (secondary N) is 1. The lowest BCUT2D eigenvalue weighted by molar-refractivity contribution is 0.102. The summed E-state index contributed by atoms with van der Waals surface area (Å²) in [5.41, 5.74) is 1.30. The Morgan fingerprint density at radius 1 is 0.864 bits per heavy atom. The van der Waals surface area contributed by atoms with E-state index >= 15 is 0 Å². The zero-order valence-corrected chi connectivity index (χ0v) is 11.7. The van der Waals surface area contributed by atoms with Crippen LogP contribution in [0.15, 0.2) is 60.7 Å². The van der Waals surface area contributed by atoms with Gasteiger partial charge in [-0.2, -0.15) is 0 Å². The summed E-state index contributed by atoms with van der Waals surface area (Å²) in [4.78, 5) is 12.3. The summed E-state index contributed by atoms with van der Waals surface area (Å²) in [5, 5.41) is 5.14. The van der Waals surface area contributed by atoms with Gasteiger partial charge in [-0.25, -0.2) is 0 Å². The van der Waals surface area contributed by atoms with Gasteiger partial charge in [0, 0.05) is 11.3 Å². The quantitative estimate of drug-likeness (QED) is 0.780. The van der Waals surface area contributed by atoms with Gasteiger partial charge < -0.3 is 14.8 Å². The number of rotatable bonds is 2. The molecule has 1 heterocycles. The lowest BCUT2D eigenvalue weighted by Crippen LogP contribution is -2.11. The van der Waals surface area contributed by atoms with Gasteiger partial charge >= 0.3 is 0 Å². The summed E-state index contributed by atoms with van der Waals surface area (Å²) >= 11 is 0. The van der Waals surface area contributed by atoms with E-state index in [4.69, 9.17) is 9.47 Å². The fraction of sp³-hybridized carbons (Fsp3) is 0.0556. The predicted molar refractivity (Wildman–Crippen MR) is 84.5 cm³/mol. The highest BCUT2D eigenvalue weighted by atomic mass is 16.7. The van der Waals surface area contributed by atoms with Crippen molar-refractivity contribution in [1.29, 1.82) is 0 Å². The SMILES string of the molecule is O=C(Nc1ccc2ccccc2c1)c1ccc2c(c1)OCO2. The smallest absolute Gasteiger partial charge is 0.255 e. The molecule has 1 aliphatic rings. The minimum Gasteiger partial charge on any atom is -0.454 e. The summed E-state index contributed by atoms with van der Waals surface area (Å²) in [7, 11) is 0. The fourth-order valence-corrected chi connectivity index (χ4v) is 2.51. The van der Waals surface area contributed by atoms with Crippen LogP contribution in [0, 0.1) is 0 Å². The van der Waals surface area contributed by atoms with E-state index in [0.717, 1.165) is 16.5 Å². The molecule has 1 N–H and O–H groups in total. The Bertz CT molecular complexity index is 873. The van der Waals surface area contributed by atoms with Crippen molar-refractivity contribution in [2.75, 3.05) is 12.1 Å². The highest BCUT2D eigenvalue weighted by molar-refractivity contribution is 6.05. The van der Waals surface area contributed by atoms with Crippen molar-refractivity contribution in [3.05, 3.63) is 66.2 Å². The molecule has 1 aliphatic heterocycles. The lowest BCUT2D eigenvalue weighted by Gasteiger charge is -2.07. The van der Waals surface area contributed by atoms with Gasteiger partial charge in [-0.15, -0.1) is 0 Å². The summed E-state index contributed by atoms with van der Waals surface area (Å²) in [6.45, 7) is 0.199. The summed E-state index contributed by atoms with van der Waals surface area (Å²) in [6, 6.07) is 19.0. The molecule has 0 unspecified atom stereocenters. The van der Waals surface area contributed by atoms with Crippen LogP contribution in [0.2, 0.25) is 0 Å². The molecule has 0 atom stereocenters. The number of ether oxygens (including phenoxy) is 2. The summed E-state index contributed by atoms with van der Waals surface area (Å²) in [6.07, 6.45) is 0. The minimum absolute atomic E-state index is 0.173. The van der Waals surface area contributed by atoms with E-state index in [1.165, 1.54) is 0 Å². The first-order valence-corrected chi connectivity index (χ1v) is 6.99. The topological polar surface area (TPSA) is 47.6 Å². The summed E-state index contributed by atoms with van der Waals surface area (Å²) in [5.74, 6) is 1.10. The molecule has 0 bridgehead atoms. The average molecular weight is 291 g/mol. The molecule has 0 fully saturated rings. The number of benzene rings is 3. The highest BCUT2D eigenvalue weighted by Gasteiger charge is 2.16. The molecule has 0 aliphatic carbocycles. The van der Waals surface area contributed by atoms with Gasteiger partial charge in [-0.05, 0) is 41.1 Å². The first-order chi connectivity index (χ1) is 10.8. The van der Waals surface area contributed by atoms with Gasteiger partial charge in [-0.1, -0.05) is 30.3 Å². The molecular weight excluding hydrogens is 278 g/mol. The maximum absolute atomic E-state index is 12.3. The van der Waals surface area contributed by atoms with Crippen LogP contribution in [0.1, 0.15) is 10.4 Å². The van der Waals surface area contributed by atoms with E-state index < -0.39 is 0 Å². The maximum atomic E-state index is 12.3. The van der Waals surface area contributed by atoms with Crippen LogP contribution in [-0.2, 0) is 0 Å². The van der Waals surface area contributed by atoms with Gasteiger partial charge in [0.25, 0.3) is 5.91 Å². The Morgan fingerprint density at radius 3 is 2.59 bits per heavy atom. The Morgan fingerprint density at radius 2 is 1.68 bits per heavy atom. The van der Waals surface area contributed by atoms with Gasteiger partial charge in [0.15, 0.2) is 11.5 Å². The molecule has 0 radical (unpaired) electrons. The predicted octanol–water partition coefficient (Wildman–Crippen LogP) is 3.82. The number of hydrogen-bond donors (Lipinski definition) is 1. The molecule has 0 saturated heterocycles. The van der Waals surface area contributed by atoms with E-state index in [1.54, 1.807) is 18.2 Å². The third-order valence-corrected chi connectivity index (χ3v) is 3.64. The van der Waals surface area contributed by atoms with Crippen LogP contribution in [-0.4, -0.2) is 12.7 Å². The van der Waals surface area contributed by atoms with Crippen LogP contribution in [0.3, 0.4) is 0 Å². The van der Waals surface area contributed by atoms with Crippen molar-refractivity contribution in [2.24, 2.45) is 0 Å². The van der Waals surface area contributed by atoms with Crippen LogP contribution in [0.4, 0.5) is 5.69 Å². The van der Waals surface area contributed by atoms with E-state index in [0.29, 0.717) is 17.1 Å². The third kappa shape index (κ3) is 2.24. The monoisotopic (exact) mass is 291 g/mol. The molecule has 4 nitrogen and oxygen atoms in total. The van der Waals surface area contributed by atoms with Crippen molar-refractivity contribution < 1.29 is 14.3 Å². The second-order valence-corrected chi connectivity index (χ2v) is 5.08. The Balaban J connectivity index is 1.60.